The highest BCUT2D eigenvalue weighted by atomic mass is 32.2. The van der Waals surface area contributed by atoms with Crippen molar-refractivity contribution in [2.45, 2.75) is 38.3 Å². The van der Waals surface area contributed by atoms with E-state index in [0.29, 0.717) is 17.6 Å². The molecule has 0 saturated carbocycles. The summed E-state index contributed by atoms with van der Waals surface area (Å²) in [5, 5.41) is 0. The molecular weight excluding hydrogens is 285 g/mol. The number of allylic oxidation sites excluding steroid dienone is 1. The molecule has 0 aliphatic rings. The summed E-state index contributed by atoms with van der Waals surface area (Å²) in [6, 6.07) is 3.54. The smallest absolute Gasteiger partial charge is 0.255 e. The van der Waals surface area contributed by atoms with E-state index in [4.69, 9.17) is 0 Å². The van der Waals surface area contributed by atoms with E-state index in [2.05, 4.69) is 6.58 Å². The van der Waals surface area contributed by atoms with Gasteiger partial charge in [-0.05, 0) is 41.2 Å². The predicted molar refractivity (Wildman–Crippen MR) is 76.9 cm³/mol. The van der Waals surface area contributed by atoms with Crippen molar-refractivity contribution in [3.63, 3.8) is 0 Å². The molecular formula is C15H19F3OS. The molecule has 0 N–H and O–H groups in total. The second-order valence-corrected chi connectivity index (χ2v) is 7.42. The highest BCUT2D eigenvalue weighted by Crippen LogP contribution is 2.35. The molecule has 112 valence electrons. The zero-order valence-corrected chi connectivity index (χ0v) is 12.9. The summed E-state index contributed by atoms with van der Waals surface area (Å²) >= 11 is 0. The SMILES string of the molecule is C=C(CC(C)(C)C)c1cc(S(C)=O)cc(C(F)(F)F)c1. The van der Waals surface area contributed by atoms with Crippen LogP contribution in [0.15, 0.2) is 29.7 Å². The van der Waals surface area contributed by atoms with Crippen molar-refractivity contribution in [3.05, 3.63) is 35.9 Å². The molecule has 0 aliphatic heterocycles. The van der Waals surface area contributed by atoms with Crippen LogP contribution in [-0.4, -0.2) is 10.5 Å². The summed E-state index contributed by atoms with van der Waals surface area (Å²) < 4.78 is 50.2. The maximum Gasteiger partial charge on any atom is 0.416 e. The van der Waals surface area contributed by atoms with Gasteiger partial charge in [-0.25, -0.2) is 0 Å². The predicted octanol–water partition coefficient (Wildman–Crippen LogP) is 4.89. The molecule has 0 amide bonds. The molecule has 1 unspecified atom stereocenters. The van der Waals surface area contributed by atoms with E-state index < -0.39 is 22.5 Å². The summed E-state index contributed by atoms with van der Waals surface area (Å²) in [6.45, 7) is 9.84. The van der Waals surface area contributed by atoms with Crippen LogP contribution in [0.2, 0.25) is 0 Å². The van der Waals surface area contributed by atoms with Gasteiger partial charge in [0.2, 0.25) is 0 Å². The van der Waals surface area contributed by atoms with Gasteiger partial charge in [-0.15, -0.1) is 0 Å². The van der Waals surface area contributed by atoms with Crippen LogP contribution in [0.3, 0.4) is 0 Å². The lowest BCUT2D eigenvalue weighted by Gasteiger charge is -2.21. The average molecular weight is 304 g/mol. The lowest BCUT2D eigenvalue weighted by Crippen LogP contribution is -2.09. The van der Waals surface area contributed by atoms with Crippen molar-refractivity contribution < 1.29 is 17.4 Å². The van der Waals surface area contributed by atoms with Crippen LogP contribution >= 0.6 is 0 Å². The van der Waals surface area contributed by atoms with E-state index >= 15 is 0 Å². The first-order valence-electron chi connectivity index (χ1n) is 6.14. The van der Waals surface area contributed by atoms with Crippen molar-refractivity contribution in [2.75, 3.05) is 6.26 Å². The minimum Gasteiger partial charge on any atom is -0.255 e. The quantitative estimate of drug-likeness (QED) is 0.777. The van der Waals surface area contributed by atoms with Gasteiger partial charge in [0.1, 0.15) is 0 Å². The number of halogens is 3. The molecule has 0 fully saturated rings. The summed E-state index contributed by atoms with van der Waals surface area (Å²) in [4.78, 5) is 0.171. The molecule has 0 heterocycles. The van der Waals surface area contributed by atoms with Crippen molar-refractivity contribution >= 4 is 16.4 Å². The van der Waals surface area contributed by atoms with E-state index in [-0.39, 0.29) is 10.3 Å². The highest BCUT2D eigenvalue weighted by molar-refractivity contribution is 7.84. The van der Waals surface area contributed by atoms with Crippen molar-refractivity contribution in [3.8, 4) is 0 Å². The Bertz CT molecular complexity index is 539. The Morgan fingerprint density at radius 2 is 1.75 bits per heavy atom. The number of hydrogen-bond acceptors (Lipinski definition) is 1. The van der Waals surface area contributed by atoms with E-state index in [1.807, 2.05) is 20.8 Å². The zero-order valence-electron chi connectivity index (χ0n) is 12.1. The summed E-state index contributed by atoms with van der Waals surface area (Å²) in [6.07, 6.45) is -2.51. The van der Waals surface area contributed by atoms with Gasteiger partial charge in [0.25, 0.3) is 0 Å². The molecule has 0 saturated heterocycles. The second-order valence-electron chi connectivity index (χ2n) is 6.04. The van der Waals surface area contributed by atoms with Gasteiger partial charge in [0.05, 0.1) is 5.56 Å². The van der Waals surface area contributed by atoms with Gasteiger partial charge in [0, 0.05) is 22.0 Å². The van der Waals surface area contributed by atoms with Crippen LogP contribution in [-0.2, 0) is 17.0 Å². The number of alkyl halides is 3. The maximum absolute atomic E-state index is 12.9. The first kappa shape index (κ1) is 17.0. The fraction of sp³-hybridized carbons (Fsp3) is 0.467. The van der Waals surface area contributed by atoms with Gasteiger partial charge in [-0.2, -0.15) is 13.2 Å². The van der Waals surface area contributed by atoms with Crippen LogP contribution in [0.1, 0.15) is 38.3 Å². The molecule has 1 rings (SSSR count). The number of benzene rings is 1. The Hall–Kier alpha value is -1.10. The maximum atomic E-state index is 12.9. The number of rotatable bonds is 3. The van der Waals surface area contributed by atoms with Crippen LogP contribution in [0.25, 0.3) is 5.57 Å². The topological polar surface area (TPSA) is 17.1 Å². The molecule has 0 aliphatic carbocycles. The Morgan fingerprint density at radius 3 is 2.15 bits per heavy atom. The van der Waals surface area contributed by atoms with Crippen LogP contribution < -0.4 is 0 Å². The number of hydrogen-bond donors (Lipinski definition) is 0. The minimum absolute atomic E-state index is 0.0726. The Kier molecular flexibility index (Phi) is 4.85. The fourth-order valence-corrected chi connectivity index (χ4v) is 2.46. The molecule has 5 heteroatoms. The Balaban J connectivity index is 3.29. The first-order valence-corrected chi connectivity index (χ1v) is 7.70. The molecule has 1 nitrogen and oxygen atoms in total. The highest BCUT2D eigenvalue weighted by Gasteiger charge is 2.31. The lowest BCUT2D eigenvalue weighted by atomic mass is 9.85. The third-order valence-electron chi connectivity index (χ3n) is 2.72. The standard InChI is InChI=1S/C15H19F3OS/c1-10(9-14(2,3)4)11-6-12(15(16,17)18)8-13(7-11)20(5)19/h6-8H,1,9H2,2-5H3. The van der Waals surface area contributed by atoms with Crippen molar-refractivity contribution in [1.29, 1.82) is 0 Å². The molecule has 1 atom stereocenters. The molecule has 0 aromatic heterocycles. The average Bonchev–Trinajstić information content (AvgIpc) is 2.24. The van der Waals surface area contributed by atoms with E-state index in [9.17, 15) is 17.4 Å². The molecule has 0 radical (unpaired) electrons. The Morgan fingerprint density at radius 1 is 1.20 bits per heavy atom. The molecule has 1 aromatic rings. The van der Waals surface area contributed by atoms with Crippen molar-refractivity contribution in [2.24, 2.45) is 5.41 Å². The van der Waals surface area contributed by atoms with Gasteiger partial charge in [-0.3, -0.25) is 4.21 Å². The third-order valence-corrected chi connectivity index (χ3v) is 3.62. The summed E-state index contributed by atoms with van der Waals surface area (Å²) in [5.41, 5.74) is 0.169. The second kappa shape index (κ2) is 5.72. The lowest BCUT2D eigenvalue weighted by molar-refractivity contribution is -0.137. The van der Waals surface area contributed by atoms with Gasteiger partial charge < -0.3 is 0 Å². The molecule has 20 heavy (non-hydrogen) atoms. The minimum atomic E-state index is -4.45. The van der Waals surface area contributed by atoms with Gasteiger partial charge in [-0.1, -0.05) is 27.4 Å². The van der Waals surface area contributed by atoms with Crippen molar-refractivity contribution in [1.82, 2.24) is 0 Å². The fourth-order valence-electron chi connectivity index (χ4n) is 1.88. The molecule has 0 bridgehead atoms. The van der Waals surface area contributed by atoms with E-state index in [0.717, 1.165) is 12.1 Å². The van der Waals surface area contributed by atoms with E-state index in [1.54, 1.807) is 0 Å². The summed E-state index contributed by atoms with van der Waals surface area (Å²) in [7, 11) is -1.47. The van der Waals surface area contributed by atoms with Gasteiger partial charge in [0.15, 0.2) is 0 Å². The normalized spacial score (nSPS) is 14.2. The van der Waals surface area contributed by atoms with E-state index in [1.165, 1.54) is 12.3 Å². The third kappa shape index (κ3) is 4.78. The molecule has 0 spiro atoms. The van der Waals surface area contributed by atoms with Crippen LogP contribution in [0.4, 0.5) is 13.2 Å². The summed E-state index contributed by atoms with van der Waals surface area (Å²) in [5.74, 6) is 0. The zero-order chi connectivity index (χ0) is 15.7. The monoisotopic (exact) mass is 304 g/mol. The Labute approximate surface area is 120 Å². The van der Waals surface area contributed by atoms with Crippen LogP contribution in [0, 0.1) is 5.41 Å². The van der Waals surface area contributed by atoms with Gasteiger partial charge >= 0.3 is 6.18 Å². The first-order chi connectivity index (χ1) is 8.90. The largest absolute Gasteiger partial charge is 0.416 e. The van der Waals surface area contributed by atoms with Crippen LogP contribution in [0.5, 0.6) is 0 Å². The molecule has 1 aromatic carbocycles.